The van der Waals surface area contributed by atoms with Crippen molar-refractivity contribution >= 4 is 11.6 Å². The van der Waals surface area contributed by atoms with Crippen molar-refractivity contribution in [2.24, 2.45) is 5.92 Å². The van der Waals surface area contributed by atoms with Gasteiger partial charge < -0.3 is 14.7 Å². The Bertz CT molecular complexity index is 564. The molecule has 0 aromatic heterocycles. The highest BCUT2D eigenvalue weighted by Gasteiger charge is 2.27. The zero-order chi connectivity index (χ0) is 16.4. The van der Waals surface area contributed by atoms with Crippen molar-refractivity contribution in [1.82, 2.24) is 9.80 Å². The van der Waals surface area contributed by atoms with Crippen LogP contribution in [0.2, 0.25) is 0 Å². The highest BCUT2D eigenvalue weighted by Crippen LogP contribution is 2.24. The average Bonchev–Trinajstić information content (AvgIpc) is 2.95. The third-order valence-corrected chi connectivity index (χ3v) is 5.50. The number of likely N-dealkylation sites (tertiary alicyclic amines) is 1. The lowest BCUT2D eigenvalue weighted by molar-refractivity contribution is -0.132. The molecule has 2 saturated heterocycles. The van der Waals surface area contributed by atoms with Crippen molar-refractivity contribution in [3.63, 3.8) is 0 Å². The summed E-state index contributed by atoms with van der Waals surface area (Å²) < 4.78 is 0. The van der Waals surface area contributed by atoms with E-state index in [9.17, 15) is 4.79 Å². The number of anilines is 1. The van der Waals surface area contributed by atoms with Crippen molar-refractivity contribution < 1.29 is 4.79 Å². The standard InChI is InChI=1S/C19H29N3O/c1-15-5-4-6-18(16(15)2)21-9-11-22(12-10-21)19(23)13-17-7-8-20(3)14-17/h4-6,17H,7-14H2,1-3H3. The van der Waals surface area contributed by atoms with Gasteiger partial charge in [-0.1, -0.05) is 12.1 Å². The molecule has 1 unspecified atom stereocenters. The topological polar surface area (TPSA) is 26.8 Å². The predicted molar refractivity (Wildman–Crippen MR) is 94.9 cm³/mol. The largest absolute Gasteiger partial charge is 0.368 e. The molecule has 0 radical (unpaired) electrons. The first-order valence-electron chi connectivity index (χ1n) is 8.82. The van der Waals surface area contributed by atoms with Crippen molar-refractivity contribution in [1.29, 1.82) is 0 Å². The van der Waals surface area contributed by atoms with Gasteiger partial charge in [0.2, 0.25) is 5.91 Å². The van der Waals surface area contributed by atoms with Gasteiger partial charge in [0.05, 0.1) is 0 Å². The lowest BCUT2D eigenvalue weighted by Gasteiger charge is -2.37. The van der Waals surface area contributed by atoms with Crippen LogP contribution in [0.25, 0.3) is 0 Å². The molecule has 0 aliphatic carbocycles. The number of carbonyl (C=O) groups excluding carboxylic acids is 1. The normalized spacial score (nSPS) is 22.7. The van der Waals surface area contributed by atoms with Gasteiger partial charge in [-0.3, -0.25) is 4.79 Å². The number of hydrogen-bond donors (Lipinski definition) is 0. The number of piperazine rings is 1. The third kappa shape index (κ3) is 3.69. The van der Waals surface area contributed by atoms with E-state index in [1.165, 1.54) is 23.2 Å². The fourth-order valence-corrected chi connectivity index (χ4v) is 3.84. The molecule has 2 aliphatic heterocycles. The number of carbonyl (C=O) groups is 1. The van der Waals surface area contributed by atoms with E-state index in [1.807, 2.05) is 0 Å². The Morgan fingerprint density at radius 3 is 2.52 bits per heavy atom. The Balaban J connectivity index is 1.54. The van der Waals surface area contributed by atoms with Crippen LogP contribution in [0.3, 0.4) is 0 Å². The summed E-state index contributed by atoms with van der Waals surface area (Å²) in [5.41, 5.74) is 4.03. The van der Waals surface area contributed by atoms with Gasteiger partial charge in [-0.2, -0.15) is 0 Å². The molecular weight excluding hydrogens is 286 g/mol. The second-order valence-corrected chi connectivity index (χ2v) is 7.21. The van der Waals surface area contributed by atoms with Crippen LogP contribution in [-0.4, -0.2) is 62.0 Å². The van der Waals surface area contributed by atoms with Crippen LogP contribution in [0.4, 0.5) is 5.69 Å². The molecule has 4 heteroatoms. The van der Waals surface area contributed by atoms with Crippen LogP contribution in [0, 0.1) is 19.8 Å². The van der Waals surface area contributed by atoms with E-state index >= 15 is 0 Å². The molecule has 3 rings (SSSR count). The molecule has 0 N–H and O–H groups in total. The minimum atomic E-state index is 0.353. The Morgan fingerprint density at radius 1 is 1.13 bits per heavy atom. The number of aryl methyl sites for hydroxylation is 1. The van der Waals surface area contributed by atoms with Gasteiger partial charge in [0.25, 0.3) is 0 Å². The summed E-state index contributed by atoms with van der Waals surface area (Å²) in [4.78, 5) is 19.3. The van der Waals surface area contributed by atoms with Crippen molar-refractivity contribution in [3.8, 4) is 0 Å². The van der Waals surface area contributed by atoms with Gasteiger partial charge in [-0.15, -0.1) is 0 Å². The van der Waals surface area contributed by atoms with Gasteiger partial charge in [-0.25, -0.2) is 0 Å². The molecule has 0 spiro atoms. The van der Waals surface area contributed by atoms with E-state index in [4.69, 9.17) is 0 Å². The fourth-order valence-electron chi connectivity index (χ4n) is 3.84. The maximum absolute atomic E-state index is 12.5. The maximum atomic E-state index is 12.5. The summed E-state index contributed by atoms with van der Waals surface area (Å²) >= 11 is 0. The first-order valence-corrected chi connectivity index (χ1v) is 8.82. The number of rotatable bonds is 3. The third-order valence-electron chi connectivity index (χ3n) is 5.50. The molecule has 23 heavy (non-hydrogen) atoms. The van der Waals surface area contributed by atoms with E-state index in [1.54, 1.807) is 0 Å². The van der Waals surface area contributed by atoms with Crippen molar-refractivity contribution in [2.45, 2.75) is 26.7 Å². The fraction of sp³-hybridized carbons (Fsp3) is 0.632. The zero-order valence-corrected chi connectivity index (χ0v) is 14.7. The molecule has 2 aliphatic rings. The summed E-state index contributed by atoms with van der Waals surface area (Å²) in [6.45, 7) is 10.2. The minimum absolute atomic E-state index is 0.353. The molecule has 1 atom stereocenters. The number of nitrogens with zero attached hydrogens (tertiary/aromatic N) is 3. The lowest BCUT2D eigenvalue weighted by atomic mass is 10.0. The number of benzene rings is 1. The van der Waals surface area contributed by atoms with Crippen LogP contribution in [0.5, 0.6) is 0 Å². The minimum Gasteiger partial charge on any atom is -0.368 e. The summed E-state index contributed by atoms with van der Waals surface area (Å²) in [7, 11) is 2.15. The quantitative estimate of drug-likeness (QED) is 0.856. The maximum Gasteiger partial charge on any atom is 0.223 e. The lowest BCUT2D eigenvalue weighted by Crippen LogP contribution is -2.49. The predicted octanol–water partition coefficient (Wildman–Crippen LogP) is 2.29. The Labute approximate surface area is 140 Å². The van der Waals surface area contributed by atoms with Crippen molar-refractivity contribution in [3.05, 3.63) is 29.3 Å². The van der Waals surface area contributed by atoms with Gasteiger partial charge in [0.15, 0.2) is 0 Å². The second-order valence-electron chi connectivity index (χ2n) is 7.21. The molecular formula is C19H29N3O. The van der Waals surface area contributed by atoms with E-state index in [2.05, 4.69) is 53.8 Å². The SMILES string of the molecule is Cc1cccc(N2CCN(C(=O)CC3CCN(C)C3)CC2)c1C. The molecule has 1 aromatic rings. The van der Waals surface area contributed by atoms with E-state index in [0.717, 1.165) is 45.7 Å². The van der Waals surface area contributed by atoms with Gasteiger partial charge in [0.1, 0.15) is 0 Å². The Hall–Kier alpha value is -1.55. The van der Waals surface area contributed by atoms with Crippen LogP contribution in [-0.2, 0) is 4.79 Å². The molecule has 2 fully saturated rings. The Kier molecular flexibility index (Phi) is 4.90. The van der Waals surface area contributed by atoms with Crippen molar-refractivity contribution in [2.75, 3.05) is 51.2 Å². The number of hydrogen-bond acceptors (Lipinski definition) is 3. The van der Waals surface area contributed by atoms with E-state index in [0.29, 0.717) is 11.8 Å². The van der Waals surface area contributed by atoms with E-state index in [-0.39, 0.29) is 0 Å². The first kappa shape index (κ1) is 16.3. The smallest absolute Gasteiger partial charge is 0.223 e. The van der Waals surface area contributed by atoms with Gasteiger partial charge in [-0.05, 0) is 57.0 Å². The molecule has 126 valence electrons. The Morgan fingerprint density at radius 2 is 1.87 bits per heavy atom. The zero-order valence-electron chi connectivity index (χ0n) is 14.7. The highest BCUT2D eigenvalue weighted by atomic mass is 16.2. The van der Waals surface area contributed by atoms with Crippen LogP contribution < -0.4 is 4.90 Å². The molecule has 2 heterocycles. The average molecular weight is 315 g/mol. The summed E-state index contributed by atoms with van der Waals surface area (Å²) in [6.07, 6.45) is 1.90. The molecule has 1 aromatic carbocycles. The monoisotopic (exact) mass is 315 g/mol. The van der Waals surface area contributed by atoms with E-state index < -0.39 is 0 Å². The summed E-state index contributed by atoms with van der Waals surface area (Å²) in [5.74, 6) is 0.912. The number of amides is 1. The molecule has 0 bridgehead atoms. The van der Waals surface area contributed by atoms with Crippen LogP contribution in [0.1, 0.15) is 24.0 Å². The molecule has 4 nitrogen and oxygen atoms in total. The molecule has 1 amide bonds. The van der Waals surface area contributed by atoms with Gasteiger partial charge in [0, 0.05) is 44.8 Å². The highest BCUT2D eigenvalue weighted by molar-refractivity contribution is 5.77. The second kappa shape index (κ2) is 6.91. The summed E-state index contributed by atoms with van der Waals surface area (Å²) in [5, 5.41) is 0. The molecule has 0 saturated carbocycles. The first-order chi connectivity index (χ1) is 11.0. The van der Waals surface area contributed by atoms with Gasteiger partial charge >= 0.3 is 0 Å². The summed E-state index contributed by atoms with van der Waals surface area (Å²) in [6, 6.07) is 6.50. The van der Waals surface area contributed by atoms with Crippen LogP contribution in [0.15, 0.2) is 18.2 Å². The van der Waals surface area contributed by atoms with Crippen LogP contribution >= 0.6 is 0 Å².